The molecule has 2 aliphatic heterocycles. The van der Waals surface area contributed by atoms with Gasteiger partial charge in [0.25, 0.3) is 11.7 Å². The lowest BCUT2D eigenvalue weighted by Gasteiger charge is -2.35. The molecule has 2 saturated heterocycles. The third-order valence-corrected chi connectivity index (χ3v) is 6.75. The Morgan fingerprint density at radius 3 is 2.21 bits per heavy atom. The summed E-state index contributed by atoms with van der Waals surface area (Å²) in [6, 6.07) is 13.9. The van der Waals surface area contributed by atoms with Gasteiger partial charge in [0.05, 0.1) is 11.3 Å². The Hall–Kier alpha value is -3.68. The summed E-state index contributed by atoms with van der Waals surface area (Å²) < 4.78 is 15.9. The highest BCUT2D eigenvalue weighted by atomic mass is 19.1. The second-order valence-corrected chi connectivity index (χ2v) is 8.84. The lowest BCUT2D eigenvalue weighted by atomic mass is 10.1. The van der Waals surface area contributed by atoms with Crippen LogP contribution in [-0.4, -0.2) is 71.2 Å². The predicted molar refractivity (Wildman–Crippen MR) is 127 cm³/mol. The molecule has 3 heterocycles. The number of nitrogens with zero attached hydrogens (tertiary/aromatic N) is 4. The normalized spacial score (nSPS) is 16.3. The van der Waals surface area contributed by atoms with Gasteiger partial charge in [-0.3, -0.25) is 14.4 Å². The molecule has 0 aliphatic carbocycles. The first-order valence-electron chi connectivity index (χ1n) is 11.7. The van der Waals surface area contributed by atoms with Crippen molar-refractivity contribution in [2.75, 3.05) is 44.2 Å². The Bertz CT molecular complexity index is 1240. The van der Waals surface area contributed by atoms with Crippen LogP contribution in [0.2, 0.25) is 0 Å². The number of fused-ring (bicyclic) bond motifs is 1. The van der Waals surface area contributed by atoms with Crippen molar-refractivity contribution in [1.29, 1.82) is 0 Å². The number of ketones is 1. The standard InChI is InChI=1S/C26H27FN4O3/c27-21-8-2-4-10-23(21)28-13-15-30(16-14-28)26(34)25(33)20-17-31(22-9-3-1-7-19(20)22)18-24(32)29-11-5-6-12-29/h1-4,7-10,17H,5-6,11-16,18H2. The number of hydrogen-bond acceptors (Lipinski definition) is 4. The van der Waals surface area contributed by atoms with Crippen LogP contribution in [0.1, 0.15) is 23.2 Å². The summed E-state index contributed by atoms with van der Waals surface area (Å²) in [5.74, 6) is -1.42. The number of carbonyl (C=O) groups excluding carboxylic acids is 3. The van der Waals surface area contributed by atoms with Crippen molar-refractivity contribution in [1.82, 2.24) is 14.4 Å². The zero-order valence-corrected chi connectivity index (χ0v) is 19.0. The molecule has 2 aromatic carbocycles. The average molecular weight is 463 g/mol. The Kier molecular flexibility index (Phi) is 6.04. The van der Waals surface area contributed by atoms with E-state index in [2.05, 4.69) is 0 Å². The molecule has 2 amide bonds. The molecule has 1 aromatic heterocycles. The Labute approximate surface area is 197 Å². The molecule has 0 bridgehead atoms. The van der Waals surface area contributed by atoms with E-state index in [0.29, 0.717) is 42.8 Å². The van der Waals surface area contributed by atoms with E-state index in [1.54, 1.807) is 29.0 Å². The van der Waals surface area contributed by atoms with Crippen molar-refractivity contribution in [2.45, 2.75) is 19.4 Å². The minimum absolute atomic E-state index is 0.0212. The molecule has 0 saturated carbocycles. The number of anilines is 1. The summed E-state index contributed by atoms with van der Waals surface area (Å²) in [6.45, 7) is 3.25. The number of aromatic nitrogens is 1. The van der Waals surface area contributed by atoms with E-state index in [9.17, 15) is 18.8 Å². The zero-order valence-electron chi connectivity index (χ0n) is 19.0. The molecule has 8 heteroatoms. The summed E-state index contributed by atoms with van der Waals surface area (Å²) in [7, 11) is 0. The molecule has 0 radical (unpaired) electrons. The quantitative estimate of drug-likeness (QED) is 0.432. The highest BCUT2D eigenvalue weighted by Gasteiger charge is 2.30. The number of carbonyl (C=O) groups is 3. The average Bonchev–Trinajstić information content (AvgIpc) is 3.53. The fourth-order valence-electron chi connectivity index (χ4n) is 4.89. The van der Waals surface area contributed by atoms with Gasteiger partial charge in [-0.25, -0.2) is 4.39 Å². The minimum Gasteiger partial charge on any atom is -0.366 e. The third kappa shape index (κ3) is 4.16. The van der Waals surface area contributed by atoms with Gasteiger partial charge in [0.1, 0.15) is 12.4 Å². The van der Waals surface area contributed by atoms with Crippen molar-refractivity contribution in [2.24, 2.45) is 0 Å². The number of para-hydroxylation sites is 2. The molecular weight excluding hydrogens is 435 g/mol. The maximum absolute atomic E-state index is 14.1. The first kappa shape index (κ1) is 22.1. The monoisotopic (exact) mass is 462 g/mol. The molecule has 2 aliphatic rings. The first-order valence-corrected chi connectivity index (χ1v) is 11.7. The van der Waals surface area contributed by atoms with Gasteiger partial charge in [-0.2, -0.15) is 0 Å². The molecule has 0 spiro atoms. The van der Waals surface area contributed by atoms with Crippen LogP contribution in [0.15, 0.2) is 54.7 Å². The van der Waals surface area contributed by atoms with E-state index in [-0.39, 0.29) is 18.3 Å². The molecular formula is C26H27FN4O3. The van der Waals surface area contributed by atoms with Crippen molar-refractivity contribution in [3.63, 3.8) is 0 Å². The maximum Gasteiger partial charge on any atom is 0.295 e. The van der Waals surface area contributed by atoms with Crippen molar-refractivity contribution in [3.05, 3.63) is 66.1 Å². The van der Waals surface area contributed by atoms with E-state index < -0.39 is 11.7 Å². The molecule has 0 atom stereocenters. The van der Waals surface area contributed by atoms with Gasteiger partial charge >= 0.3 is 0 Å². The molecule has 0 N–H and O–H groups in total. The van der Waals surface area contributed by atoms with Gasteiger partial charge in [0.15, 0.2) is 0 Å². The molecule has 176 valence electrons. The van der Waals surface area contributed by atoms with Crippen LogP contribution in [0.5, 0.6) is 0 Å². The molecule has 34 heavy (non-hydrogen) atoms. The number of hydrogen-bond donors (Lipinski definition) is 0. The van der Waals surface area contributed by atoms with E-state index in [0.717, 1.165) is 31.4 Å². The Balaban J connectivity index is 1.32. The highest BCUT2D eigenvalue weighted by Crippen LogP contribution is 2.24. The molecule has 0 unspecified atom stereocenters. The number of benzene rings is 2. The van der Waals surface area contributed by atoms with Gasteiger partial charge in [0.2, 0.25) is 5.91 Å². The van der Waals surface area contributed by atoms with Crippen LogP contribution in [0.3, 0.4) is 0 Å². The van der Waals surface area contributed by atoms with Crippen LogP contribution in [0.25, 0.3) is 10.9 Å². The van der Waals surface area contributed by atoms with Crippen LogP contribution in [0.4, 0.5) is 10.1 Å². The van der Waals surface area contributed by atoms with Crippen molar-refractivity contribution in [3.8, 4) is 0 Å². The predicted octanol–water partition coefficient (Wildman–Crippen LogP) is 2.93. The number of halogens is 1. The summed E-state index contributed by atoms with van der Waals surface area (Å²) in [6.07, 6.45) is 3.66. The summed E-state index contributed by atoms with van der Waals surface area (Å²) in [4.78, 5) is 44.3. The van der Waals surface area contributed by atoms with Gasteiger partial charge in [0, 0.05) is 56.4 Å². The fourth-order valence-corrected chi connectivity index (χ4v) is 4.89. The number of likely N-dealkylation sites (tertiary alicyclic amines) is 1. The highest BCUT2D eigenvalue weighted by molar-refractivity contribution is 6.44. The number of amides is 2. The smallest absolute Gasteiger partial charge is 0.295 e. The minimum atomic E-state index is -0.581. The number of Topliss-reactive ketones (excluding diaryl/α,β-unsaturated/α-hetero) is 1. The first-order chi connectivity index (χ1) is 16.5. The maximum atomic E-state index is 14.1. The SMILES string of the molecule is O=C(C(=O)N1CCN(c2ccccc2F)CC1)c1cn(CC(=O)N2CCCC2)c2ccccc12. The molecule has 5 rings (SSSR count). The molecule has 3 aromatic rings. The van der Waals surface area contributed by atoms with Crippen molar-refractivity contribution < 1.29 is 18.8 Å². The third-order valence-electron chi connectivity index (χ3n) is 6.75. The number of rotatable bonds is 5. The topological polar surface area (TPSA) is 65.9 Å². The van der Waals surface area contributed by atoms with E-state index in [1.165, 1.54) is 11.0 Å². The largest absolute Gasteiger partial charge is 0.366 e. The van der Waals surface area contributed by atoms with Gasteiger partial charge in [-0.15, -0.1) is 0 Å². The van der Waals surface area contributed by atoms with Gasteiger partial charge < -0.3 is 19.3 Å². The van der Waals surface area contributed by atoms with Gasteiger partial charge in [-0.05, 0) is 31.0 Å². The second-order valence-electron chi connectivity index (χ2n) is 8.84. The Morgan fingerprint density at radius 2 is 1.47 bits per heavy atom. The van der Waals surface area contributed by atoms with Crippen molar-refractivity contribution >= 4 is 34.2 Å². The number of piperazine rings is 1. The van der Waals surface area contributed by atoms with E-state index in [1.807, 2.05) is 34.1 Å². The lowest BCUT2D eigenvalue weighted by Crippen LogP contribution is -2.50. The summed E-state index contributed by atoms with van der Waals surface area (Å²) >= 11 is 0. The van der Waals surface area contributed by atoms with Crippen LogP contribution in [0, 0.1) is 5.82 Å². The van der Waals surface area contributed by atoms with Crippen LogP contribution >= 0.6 is 0 Å². The van der Waals surface area contributed by atoms with Crippen LogP contribution < -0.4 is 4.90 Å². The molecule has 7 nitrogen and oxygen atoms in total. The fraction of sp³-hybridized carbons (Fsp3) is 0.346. The van der Waals surface area contributed by atoms with E-state index in [4.69, 9.17) is 0 Å². The Morgan fingerprint density at radius 1 is 0.794 bits per heavy atom. The lowest BCUT2D eigenvalue weighted by molar-refractivity contribution is -0.130. The summed E-state index contributed by atoms with van der Waals surface area (Å²) in [5.41, 5.74) is 1.58. The van der Waals surface area contributed by atoms with Crippen LogP contribution in [-0.2, 0) is 16.1 Å². The summed E-state index contributed by atoms with van der Waals surface area (Å²) in [5, 5.41) is 0.667. The van der Waals surface area contributed by atoms with E-state index >= 15 is 0 Å². The second kappa shape index (κ2) is 9.29. The molecule has 2 fully saturated rings. The van der Waals surface area contributed by atoms with Gasteiger partial charge in [-0.1, -0.05) is 30.3 Å². The zero-order chi connectivity index (χ0) is 23.7.